The number of amides is 1. The quantitative estimate of drug-likeness (QED) is 0.777. The number of hydrogen-bond donors (Lipinski definition) is 1. The molecule has 1 heterocycles. The van der Waals surface area contributed by atoms with Gasteiger partial charge in [-0.05, 0) is 56.3 Å². The second kappa shape index (κ2) is 9.53. The summed E-state index contributed by atoms with van der Waals surface area (Å²) in [5.74, 6) is 0.600. The summed E-state index contributed by atoms with van der Waals surface area (Å²) in [7, 11) is 4.08. The first-order valence-corrected chi connectivity index (χ1v) is 9.46. The molecule has 0 bridgehead atoms. The van der Waals surface area contributed by atoms with Gasteiger partial charge >= 0.3 is 0 Å². The lowest BCUT2D eigenvalue weighted by atomic mass is 10.1. The lowest BCUT2D eigenvalue weighted by Gasteiger charge is -2.15. The van der Waals surface area contributed by atoms with Gasteiger partial charge in [-0.1, -0.05) is 30.3 Å². The molecule has 0 aliphatic carbocycles. The third-order valence-electron chi connectivity index (χ3n) is 4.60. The van der Waals surface area contributed by atoms with E-state index in [1.54, 1.807) is 12.1 Å². The summed E-state index contributed by atoms with van der Waals surface area (Å²) < 4.78 is 11.4. The summed E-state index contributed by atoms with van der Waals surface area (Å²) in [6, 6.07) is 15.5. The van der Waals surface area contributed by atoms with Crippen LogP contribution in [0.5, 0.6) is 5.75 Å². The van der Waals surface area contributed by atoms with Gasteiger partial charge in [0.05, 0.1) is 6.10 Å². The van der Waals surface area contributed by atoms with E-state index in [4.69, 9.17) is 9.47 Å². The highest BCUT2D eigenvalue weighted by molar-refractivity contribution is 5.94. The first-order valence-electron chi connectivity index (χ1n) is 9.46. The molecule has 1 saturated heterocycles. The Morgan fingerprint density at radius 2 is 2.00 bits per heavy atom. The second-order valence-electron chi connectivity index (χ2n) is 7.16. The molecule has 0 unspecified atom stereocenters. The number of carbonyl (C=O) groups is 1. The smallest absolute Gasteiger partial charge is 0.251 e. The Hall–Kier alpha value is -2.37. The van der Waals surface area contributed by atoms with E-state index in [0.717, 1.165) is 31.6 Å². The van der Waals surface area contributed by atoms with Crippen molar-refractivity contribution in [1.29, 1.82) is 0 Å². The van der Waals surface area contributed by atoms with E-state index in [1.807, 2.05) is 38.4 Å². The van der Waals surface area contributed by atoms with Crippen molar-refractivity contribution in [3.05, 3.63) is 65.2 Å². The molecule has 1 fully saturated rings. The summed E-state index contributed by atoms with van der Waals surface area (Å²) in [6.45, 7) is 2.69. The van der Waals surface area contributed by atoms with Crippen LogP contribution in [0.2, 0.25) is 0 Å². The molecule has 1 atom stereocenters. The predicted molar refractivity (Wildman–Crippen MR) is 106 cm³/mol. The van der Waals surface area contributed by atoms with E-state index in [9.17, 15) is 4.79 Å². The molecule has 27 heavy (non-hydrogen) atoms. The Morgan fingerprint density at radius 1 is 1.19 bits per heavy atom. The second-order valence-corrected chi connectivity index (χ2v) is 7.16. The molecule has 2 aromatic carbocycles. The molecule has 2 aromatic rings. The molecule has 0 saturated carbocycles. The Morgan fingerprint density at radius 3 is 2.74 bits per heavy atom. The summed E-state index contributed by atoms with van der Waals surface area (Å²) in [6.07, 6.45) is 2.29. The van der Waals surface area contributed by atoms with Crippen LogP contribution in [-0.4, -0.2) is 44.2 Å². The molecule has 5 heteroatoms. The molecule has 1 N–H and O–H groups in total. The van der Waals surface area contributed by atoms with Gasteiger partial charge in [-0.2, -0.15) is 0 Å². The number of benzene rings is 2. The zero-order valence-electron chi connectivity index (χ0n) is 16.1. The molecule has 144 valence electrons. The van der Waals surface area contributed by atoms with Crippen LogP contribution >= 0.6 is 0 Å². The highest BCUT2D eigenvalue weighted by atomic mass is 16.5. The predicted octanol–water partition coefficient (Wildman–Crippen LogP) is 3.24. The van der Waals surface area contributed by atoms with Gasteiger partial charge in [0, 0.05) is 25.3 Å². The van der Waals surface area contributed by atoms with Crippen molar-refractivity contribution in [2.75, 3.05) is 27.3 Å². The molecular formula is C22H28N2O3. The Kier molecular flexibility index (Phi) is 6.85. The van der Waals surface area contributed by atoms with E-state index in [-0.39, 0.29) is 12.0 Å². The normalized spacial score (nSPS) is 16.5. The maximum absolute atomic E-state index is 12.6. The van der Waals surface area contributed by atoms with Crippen molar-refractivity contribution in [2.24, 2.45) is 0 Å². The van der Waals surface area contributed by atoms with Crippen LogP contribution in [0, 0.1) is 0 Å². The fourth-order valence-corrected chi connectivity index (χ4v) is 3.19. The van der Waals surface area contributed by atoms with Crippen LogP contribution in [0.4, 0.5) is 0 Å². The van der Waals surface area contributed by atoms with Crippen molar-refractivity contribution < 1.29 is 14.3 Å². The molecular weight excluding hydrogens is 340 g/mol. The fourth-order valence-electron chi connectivity index (χ4n) is 3.19. The average molecular weight is 368 g/mol. The standard InChI is InChI=1S/C22H28N2O3/c1-24(2)15-19-8-4-3-7-18(19)14-23-22(25)17-9-5-10-20(13-17)27-16-21-11-6-12-26-21/h3-5,7-10,13,21H,6,11-12,14-16H2,1-2H3,(H,23,25)/t21-/m0/s1. The van der Waals surface area contributed by atoms with Gasteiger partial charge in [-0.15, -0.1) is 0 Å². The Balaban J connectivity index is 1.57. The van der Waals surface area contributed by atoms with E-state index in [2.05, 4.69) is 22.3 Å². The molecule has 5 nitrogen and oxygen atoms in total. The molecule has 3 rings (SSSR count). The number of rotatable bonds is 8. The maximum atomic E-state index is 12.6. The lowest BCUT2D eigenvalue weighted by molar-refractivity contribution is 0.0679. The third-order valence-corrected chi connectivity index (χ3v) is 4.60. The molecule has 1 aliphatic rings. The molecule has 0 aromatic heterocycles. The number of carbonyl (C=O) groups excluding carboxylic acids is 1. The van der Waals surface area contributed by atoms with Gasteiger partial charge < -0.3 is 19.7 Å². The van der Waals surface area contributed by atoms with Crippen LogP contribution in [0.3, 0.4) is 0 Å². The van der Waals surface area contributed by atoms with Crippen molar-refractivity contribution >= 4 is 5.91 Å². The van der Waals surface area contributed by atoms with Crippen LogP contribution in [0.15, 0.2) is 48.5 Å². The largest absolute Gasteiger partial charge is 0.491 e. The molecule has 0 spiro atoms. The summed E-state index contributed by atoms with van der Waals surface area (Å²) in [5.41, 5.74) is 2.95. The van der Waals surface area contributed by atoms with Crippen LogP contribution in [0.25, 0.3) is 0 Å². The first kappa shape index (κ1) is 19.4. The molecule has 1 amide bonds. The minimum absolute atomic E-state index is 0.0998. The van der Waals surface area contributed by atoms with Gasteiger partial charge in [-0.25, -0.2) is 0 Å². The molecule has 0 radical (unpaired) electrons. The fraction of sp³-hybridized carbons (Fsp3) is 0.409. The van der Waals surface area contributed by atoms with E-state index < -0.39 is 0 Å². The van der Waals surface area contributed by atoms with Gasteiger partial charge in [0.2, 0.25) is 0 Å². The van der Waals surface area contributed by atoms with Gasteiger partial charge in [0.15, 0.2) is 0 Å². The monoisotopic (exact) mass is 368 g/mol. The van der Waals surface area contributed by atoms with Gasteiger partial charge in [0.1, 0.15) is 12.4 Å². The average Bonchev–Trinajstić information content (AvgIpc) is 3.19. The summed E-state index contributed by atoms with van der Waals surface area (Å²) >= 11 is 0. The topological polar surface area (TPSA) is 50.8 Å². The third kappa shape index (κ3) is 5.81. The molecule has 1 aliphatic heterocycles. The van der Waals surface area contributed by atoms with Gasteiger partial charge in [-0.3, -0.25) is 4.79 Å². The number of nitrogens with zero attached hydrogens (tertiary/aromatic N) is 1. The summed E-state index contributed by atoms with van der Waals surface area (Å²) in [5, 5.41) is 3.02. The van der Waals surface area contributed by atoms with Crippen LogP contribution < -0.4 is 10.1 Å². The highest BCUT2D eigenvalue weighted by Gasteiger charge is 2.16. The maximum Gasteiger partial charge on any atom is 0.251 e. The number of nitrogens with one attached hydrogen (secondary N) is 1. The number of ether oxygens (including phenoxy) is 2. The lowest BCUT2D eigenvalue weighted by Crippen LogP contribution is -2.24. The van der Waals surface area contributed by atoms with Crippen molar-refractivity contribution in [1.82, 2.24) is 10.2 Å². The minimum atomic E-state index is -0.0998. The van der Waals surface area contributed by atoms with E-state index >= 15 is 0 Å². The SMILES string of the molecule is CN(C)Cc1ccccc1CNC(=O)c1cccc(OC[C@@H]2CCCO2)c1. The minimum Gasteiger partial charge on any atom is -0.491 e. The van der Waals surface area contributed by atoms with Crippen LogP contribution in [-0.2, 0) is 17.8 Å². The van der Waals surface area contributed by atoms with Crippen molar-refractivity contribution in [2.45, 2.75) is 32.0 Å². The highest BCUT2D eigenvalue weighted by Crippen LogP contribution is 2.17. The van der Waals surface area contributed by atoms with E-state index in [1.165, 1.54) is 5.56 Å². The Bertz CT molecular complexity index is 755. The zero-order chi connectivity index (χ0) is 19.1. The zero-order valence-corrected chi connectivity index (χ0v) is 16.1. The van der Waals surface area contributed by atoms with Gasteiger partial charge in [0.25, 0.3) is 5.91 Å². The summed E-state index contributed by atoms with van der Waals surface area (Å²) in [4.78, 5) is 14.7. The number of hydrogen-bond acceptors (Lipinski definition) is 4. The van der Waals surface area contributed by atoms with Crippen molar-refractivity contribution in [3.8, 4) is 5.75 Å². The van der Waals surface area contributed by atoms with Crippen molar-refractivity contribution in [3.63, 3.8) is 0 Å². The Labute approximate surface area is 161 Å². The van der Waals surface area contributed by atoms with E-state index in [0.29, 0.717) is 24.5 Å². The van der Waals surface area contributed by atoms with Crippen LogP contribution in [0.1, 0.15) is 34.3 Å². The first-order chi connectivity index (χ1) is 13.1.